The molecule has 20 heavy (non-hydrogen) atoms. The highest BCUT2D eigenvalue weighted by Crippen LogP contribution is 2.18. The van der Waals surface area contributed by atoms with Gasteiger partial charge in [0, 0.05) is 19.6 Å². The second-order valence-corrected chi connectivity index (χ2v) is 5.61. The van der Waals surface area contributed by atoms with Crippen LogP contribution in [-0.2, 0) is 6.54 Å². The van der Waals surface area contributed by atoms with E-state index in [1.165, 1.54) is 39.5 Å². The maximum atomic E-state index is 13.6. The Morgan fingerprint density at radius 3 is 2.65 bits per heavy atom. The quantitative estimate of drug-likeness (QED) is 0.797. The van der Waals surface area contributed by atoms with Gasteiger partial charge >= 0.3 is 0 Å². The maximum absolute atomic E-state index is 13.6. The van der Waals surface area contributed by atoms with E-state index in [4.69, 9.17) is 4.74 Å². The van der Waals surface area contributed by atoms with Gasteiger partial charge in [0.1, 0.15) is 0 Å². The fourth-order valence-corrected chi connectivity index (χ4v) is 2.69. The Morgan fingerprint density at radius 2 is 2.00 bits per heavy atom. The van der Waals surface area contributed by atoms with Crippen LogP contribution in [-0.4, -0.2) is 50.1 Å². The molecule has 1 aromatic rings. The third-order valence-corrected chi connectivity index (χ3v) is 3.92. The maximum Gasteiger partial charge on any atom is 0.165 e. The van der Waals surface area contributed by atoms with Crippen molar-refractivity contribution in [1.82, 2.24) is 9.80 Å². The zero-order valence-electron chi connectivity index (χ0n) is 12.6. The lowest BCUT2D eigenvalue weighted by molar-refractivity contribution is 0.194. The summed E-state index contributed by atoms with van der Waals surface area (Å²) in [6, 6.07) is 5.19. The van der Waals surface area contributed by atoms with Crippen LogP contribution in [0.25, 0.3) is 0 Å². The van der Waals surface area contributed by atoms with E-state index in [-0.39, 0.29) is 5.82 Å². The summed E-state index contributed by atoms with van der Waals surface area (Å²) in [5, 5.41) is 0. The van der Waals surface area contributed by atoms with Crippen LogP contribution in [0.4, 0.5) is 4.39 Å². The lowest BCUT2D eigenvalue weighted by atomic mass is 10.1. The summed E-state index contributed by atoms with van der Waals surface area (Å²) in [5.41, 5.74) is 0.990. The van der Waals surface area contributed by atoms with E-state index in [9.17, 15) is 4.39 Å². The molecule has 0 N–H and O–H groups in total. The molecule has 112 valence electrons. The second-order valence-electron chi connectivity index (χ2n) is 5.61. The van der Waals surface area contributed by atoms with Gasteiger partial charge in [-0.3, -0.25) is 0 Å². The Bertz CT molecular complexity index is 419. The van der Waals surface area contributed by atoms with Crippen LogP contribution < -0.4 is 4.74 Å². The Labute approximate surface area is 121 Å². The Kier molecular flexibility index (Phi) is 5.80. The predicted octanol–water partition coefficient (Wildman–Crippen LogP) is 2.75. The van der Waals surface area contributed by atoms with Crippen molar-refractivity contribution in [2.45, 2.75) is 25.8 Å². The number of rotatable bonds is 6. The van der Waals surface area contributed by atoms with Gasteiger partial charge in [0.25, 0.3) is 0 Å². The average Bonchev–Trinajstić information content (AvgIpc) is 2.46. The number of hydrogen-bond acceptors (Lipinski definition) is 3. The lowest BCUT2D eigenvalue weighted by Crippen LogP contribution is -2.36. The largest absolute Gasteiger partial charge is 0.494 e. The van der Waals surface area contributed by atoms with Gasteiger partial charge < -0.3 is 14.5 Å². The molecule has 0 bridgehead atoms. The van der Waals surface area contributed by atoms with E-state index in [2.05, 4.69) is 16.8 Å². The molecule has 1 heterocycles. The van der Waals surface area contributed by atoms with E-state index in [0.717, 1.165) is 25.2 Å². The SMILES string of the molecule is COc1ccc(CN(C)CCN2CCCCC2)cc1F. The summed E-state index contributed by atoms with van der Waals surface area (Å²) >= 11 is 0. The minimum absolute atomic E-state index is 0.283. The number of likely N-dealkylation sites (N-methyl/N-ethyl adjacent to an activating group) is 1. The molecule has 1 saturated heterocycles. The summed E-state index contributed by atoms with van der Waals surface area (Å²) in [4.78, 5) is 4.77. The minimum Gasteiger partial charge on any atom is -0.494 e. The van der Waals surface area contributed by atoms with Crippen molar-refractivity contribution < 1.29 is 9.13 Å². The Morgan fingerprint density at radius 1 is 1.25 bits per heavy atom. The zero-order valence-corrected chi connectivity index (χ0v) is 12.6. The fourth-order valence-electron chi connectivity index (χ4n) is 2.69. The number of benzene rings is 1. The molecule has 0 saturated carbocycles. The molecule has 1 aliphatic heterocycles. The standard InChI is InChI=1S/C16H25FN2O/c1-18(10-11-19-8-4-3-5-9-19)13-14-6-7-16(20-2)15(17)12-14/h6-7,12H,3-5,8-11,13H2,1-2H3. The molecule has 0 aliphatic carbocycles. The van der Waals surface area contributed by atoms with Crippen LogP contribution in [0.2, 0.25) is 0 Å². The molecule has 4 heteroatoms. The monoisotopic (exact) mass is 280 g/mol. The molecule has 1 aliphatic rings. The van der Waals surface area contributed by atoms with Gasteiger partial charge in [-0.2, -0.15) is 0 Å². The van der Waals surface area contributed by atoms with Crippen molar-refractivity contribution in [3.05, 3.63) is 29.6 Å². The fraction of sp³-hybridized carbons (Fsp3) is 0.625. The molecular weight excluding hydrogens is 255 g/mol. The molecule has 0 radical (unpaired) electrons. The van der Waals surface area contributed by atoms with Crippen molar-refractivity contribution in [2.75, 3.05) is 40.3 Å². The summed E-state index contributed by atoms with van der Waals surface area (Å²) < 4.78 is 18.6. The van der Waals surface area contributed by atoms with Gasteiger partial charge in [-0.1, -0.05) is 12.5 Å². The first-order chi connectivity index (χ1) is 9.69. The summed E-state index contributed by atoms with van der Waals surface area (Å²) in [6.45, 7) is 5.35. The smallest absolute Gasteiger partial charge is 0.165 e. The first-order valence-electron chi connectivity index (χ1n) is 7.42. The normalized spacial score (nSPS) is 16.6. The van der Waals surface area contributed by atoms with Crippen molar-refractivity contribution in [3.8, 4) is 5.75 Å². The Hall–Kier alpha value is -1.13. The van der Waals surface area contributed by atoms with Gasteiger partial charge in [-0.15, -0.1) is 0 Å². The third kappa shape index (κ3) is 4.46. The average molecular weight is 280 g/mol. The number of piperidine rings is 1. The van der Waals surface area contributed by atoms with Gasteiger partial charge in [-0.25, -0.2) is 4.39 Å². The molecule has 0 atom stereocenters. The highest BCUT2D eigenvalue weighted by atomic mass is 19.1. The number of likely N-dealkylation sites (tertiary alicyclic amines) is 1. The van der Waals surface area contributed by atoms with Gasteiger partial charge in [0.2, 0.25) is 0 Å². The third-order valence-electron chi connectivity index (χ3n) is 3.92. The van der Waals surface area contributed by atoms with Gasteiger partial charge in [-0.05, 0) is 50.7 Å². The number of nitrogens with zero attached hydrogens (tertiary/aromatic N) is 2. The second kappa shape index (κ2) is 7.60. The summed E-state index contributed by atoms with van der Waals surface area (Å²) in [7, 11) is 3.58. The topological polar surface area (TPSA) is 15.7 Å². The molecule has 1 fully saturated rings. The molecule has 3 nitrogen and oxygen atoms in total. The van der Waals surface area contributed by atoms with Crippen LogP contribution >= 0.6 is 0 Å². The molecule has 1 aromatic carbocycles. The first kappa shape index (κ1) is 15.3. The molecule has 0 amide bonds. The molecule has 0 unspecified atom stereocenters. The van der Waals surface area contributed by atoms with Crippen LogP contribution in [0.1, 0.15) is 24.8 Å². The highest BCUT2D eigenvalue weighted by Gasteiger charge is 2.11. The molecule has 0 spiro atoms. The van der Waals surface area contributed by atoms with Crippen LogP contribution in [0.5, 0.6) is 5.75 Å². The number of methoxy groups -OCH3 is 1. The number of hydrogen-bond donors (Lipinski definition) is 0. The van der Waals surface area contributed by atoms with Crippen LogP contribution in [0, 0.1) is 5.82 Å². The number of ether oxygens (including phenoxy) is 1. The van der Waals surface area contributed by atoms with E-state index >= 15 is 0 Å². The summed E-state index contributed by atoms with van der Waals surface area (Å²) in [6.07, 6.45) is 4.03. The predicted molar refractivity (Wildman–Crippen MR) is 79.6 cm³/mol. The van der Waals surface area contributed by atoms with E-state index in [0.29, 0.717) is 5.75 Å². The molecular formula is C16H25FN2O. The Balaban J connectivity index is 1.78. The van der Waals surface area contributed by atoms with Crippen molar-refractivity contribution in [1.29, 1.82) is 0 Å². The van der Waals surface area contributed by atoms with Crippen molar-refractivity contribution in [3.63, 3.8) is 0 Å². The van der Waals surface area contributed by atoms with E-state index in [1.54, 1.807) is 12.1 Å². The first-order valence-corrected chi connectivity index (χ1v) is 7.42. The van der Waals surface area contributed by atoms with E-state index in [1.807, 2.05) is 6.07 Å². The highest BCUT2D eigenvalue weighted by molar-refractivity contribution is 5.29. The molecule has 0 aromatic heterocycles. The number of halogens is 1. The van der Waals surface area contributed by atoms with Crippen molar-refractivity contribution >= 4 is 0 Å². The zero-order chi connectivity index (χ0) is 14.4. The van der Waals surface area contributed by atoms with Crippen LogP contribution in [0.3, 0.4) is 0 Å². The van der Waals surface area contributed by atoms with Gasteiger partial charge in [0.15, 0.2) is 11.6 Å². The van der Waals surface area contributed by atoms with E-state index < -0.39 is 0 Å². The summed E-state index contributed by atoms with van der Waals surface area (Å²) in [5.74, 6) is 0.0270. The molecule has 2 rings (SSSR count). The van der Waals surface area contributed by atoms with Crippen molar-refractivity contribution in [2.24, 2.45) is 0 Å². The van der Waals surface area contributed by atoms with Gasteiger partial charge in [0.05, 0.1) is 7.11 Å². The minimum atomic E-state index is -0.283. The lowest BCUT2D eigenvalue weighted by Gasteiger charge is -2.28. The van der Waals surface area contributed by atoms with Crippen LogP contribution in [0.15, 0.2) is 18.2 Å².